The molecule has 0 aliphatic heterocycles. The molecule has 0 saturated heterocycles. The molecule has 0 amide bonds. The number of unbranched alkanes of at least 4 members (excludes halogenated alkanes) is 1. The minimum Gasteiger partial charge on any atom is -0.461 e. The van der Waals surface area contributed by atoms with Gasteiger partial charge in [0.1, 0.15) is 11.6 Å². The monoisotopic (exact) mass is 387 g/mol. The highest BCUT2D eigenvalue weighted by Gasteiger charge is 2.21. The Morgan fingerprint density at radius 3 is 2.59 bits per heavy atom. The summed E-state index contributed by atoms with van der Waals surface area (Å²) in [6.45, 7) is 4.52. The van der Waals surface area contributed by atoms with E-state index in [1.165, 1.54) is 0 Å². The molecule has 1 atom stereocenters. The molecule has 2 aromatic carbocycles. The molecule has 1 aliphatic rings. The molecule has 4 heteroatoms. The lowest BCUT2D eigenvalue weighted by atomic mass is 9.90. The van der Waals surface area contributed by atoms with Crippen molar-refractivity contribution >= 4 is 23.4 Å². The number of ketones is 1. The standard InChI is InChI=1S/C25H25NO3/c1-3-5-9-17(4-2)16-29-25(28)23(15-26)20-12-8-13-21-22(20)14-18-10-6-7-11-19(18)24(21)27/h6-8,10-14,17H,3-5,9,16H2,1-2H3/b23-20+. The fraction of sp³-hybridized carbons (Fsp3) is 0.320. The zero-order chi connectivity index (χ0) is 20.8. The van der Waals surface area contributed by atoms with Crippen LogP contribution in [0.25, 0.3) is 11.6 Å². The van der Waals surface area contributed by atoms with Crippen molar-refractivity contribution < 1.29 is 14.3 Å². The molecular formula is C25H25NO3. The van der Waals surface area contributed by atoms with E-state index in [0.717, 1.165) is 31.2 Å². The molecule has 29 heavy (non-hydrogen) atoms. The summed E-state index contributed by atoms with van der Waals surface area (Å²) in [4.78, 5) is 25.6. The third-order valence-corrected chi connectivity index (χ3v) is 5.43. The van der Waals surface area contributed by atoms with Gasteiger partial charge in [0.25, 0.3) is 0 Å². The Balaban J connectivity index is 2.02. The molecule has 4 nitrogen and oxygen atoms in total. The number of carbonyl (C=O) groups excluding carboxylic acids is 2. The van der Waals surface area contributed by atoms with Crippen molar-refractivity contribution in [2.75, 3.05) is 6.61 Å². The normalized spacial score (nSPS) is 14.0. The molecule has 148 valence electrons. The topological polar surface area (TPSA) is 67.2 Å². The van der Waals surface area contributed by atoms with Gasteiger partial charge >= 0.3 is 5.97 Å². The van der Waals surface area contributed by atoms with E-state index in [2.05, 4.69) is 13.8 Å². The molecule has 1 aliphatic carbocycles. The molecule has 0 fully saturated rings. The van der Waals surface area contributed by atoms with Crippen LogP contribution in [0.15, 0.2) is 42.5 Å². The summed E-state index contributed by atoms with van der Waals surface area (Å²) in [6, 6.07) is 14.5. The molecule has 0 saturated carbocycles. The first-order chi connectivity index (χ1) is 14.1. The smallest absolute Gasteiger partial charge is 0.349 e. The molecule has 0 aromatic heterocycles. The van der Waals surface area contributed by atoms with E-state index < -0.39 is 5.97 Å². The number of esters is 1. The summed E-state index contributed by atoms with van der Waals surface area (Å²) in [5.74, 6) is -0.435. The molecule has 0 spiro atoms. The van der Waals surface area contributed by atoms with Crippen LogP contribution in [-0.2, 0) is 9.53 Å². The minimum atomic E-state index is -0.629. The predicted octanol–water partition coefficient (Wildman–Crippen LogP) is 3.49. The summed E-state index contributed by atoms with van der Waals surface area (Å²) in [5.41, 5.74) is 1.85. The average molecular weight is 387 g/mol. The highest BCUT2D eigenvalue weighted by molar-refractivity contribution is 6.17. The van der Waals surface area contributed by atoms with E-state index in [0.29, 0.717) is 34.1 Å². The molecule has 0 N–H and O–H groups in total. The van der Waals surface area contributed by atoms with Gasteiger partial charge in [0.15, 0.2) is 5.78 Å². The summed E-state index contributed by atoms with van der Waals surface area (Å²) in [7, 11) is 0. The van der Waals surface area contributed by atoms with Gasteiger partial charge in [-0.25, -0.2) is 4.79 Å². The van der Waals surface area contributed by atoms with E-state index in [4.69, 9.17) is 4.74 Å². The number of fused-ring (bicyclic) bond motifs is 2. The maximum absolute atomic E-state index is 12.9. The summed E-state index contributed by atoms with van der Waals surface area (Å²) >= 11 is 0. The fourth-order valence-corrected chi connectivity index (χ4v) is 3.65. The van der Waals surface area contributed by atoms with Crippen LogP contribution in [-0.4, -0.2) is 18.4 Å². The Bertz CT molecular complexity index is 1090. The van der Waals surface area contributed by atoms with Gasteiger partial charge < -0.3 is 4.74 Å². The SMILES string of the molecule is CCCCC(CC)COC(=O)/C(C#N)=c1\cccc2c1=Cc1ccccc1C2=O. The maximum Gasteiger partial charge on any atom is 0.349 e. The first-order valence-corrected chi connectivity index (χ1v) is 10.2. The number of benzene rings is 2. The largest absolute Gasteiger partial charge is 0.461 e. The van der Waals surface area contributed by atoms with Crippen LogP contribution < -0.4 is 10.4 Å². The Kier molecular flexibility index (Phi) is 6.61. The fourth-order valence-electron chi connectivity index (χ4n) is 3.65. The van der Waals surface area contributed by atoms with Gasteiger partial charge in [0.2, 0.25) is 0 Å². The van der Waals surface area contributed by atoms with Crippen LogP contribution in [0.3, 0.4) is 0 Å². The third kappa shape index (κ3) is 4.30. The van der Waals surface area contributed by atoms with Gasteiger partial charge in [-0.2, -0.15) is 5.26 Å². The highest BCUT2D eigenvalue weighted by atomic mass is 16.5. The van der Waals surface area contributed by atoms with Gasteiger partial charge in [-0.1, -0.05) is 75.6 Å². The zero-order valence-electron chi connectivity index (χ0n) is 16.9. The quantitative estimate of drug-likeness (QED) is 0.582. The first-order valence-electron chi connectivity index (χ1n) is 10.2. The van der Waals surface area contributed by atoms with Gasteiger partial charge in [0, 0.05) is 16.3 Å². The summed E-state index contributed by atoms with van der Waals surface area (Å²) in [5, 5.41) is 10.7. The van der Waals surface area contributed by atoms with Crippen LogP contribution in [0.4, 0.5) is 0 Å². The molecular weight excluding hydrogens is 362 g/mol. The van der Waals surface area contributed by atoms with Crippen molar-refractivity contribution in [2.45, 2.75) is 39.5 Å². The average Bonchev–Trinajstić information content (AvgIpc) is 2.75. The lowest BCUT2D eigenvalue weighted by molar-refractivity contribution is -0.138. The summed E-state index contributed by atoms with van der Waals surface area (Å²) in [6.07, 6.45) is 5.98. The highest BCUT2D eigenvalue weighted by Crippen LogP contribution is 2.17. The minimum absolute atomic E-state index is 0.0596. The number of nitrogens with zero attached hydrogens (tertiary/aromatic N) is 1. The Hall–Kier alpha value is -3.19. The van der Waals surface area contributed by atoms with E-state index in [1.54, 1.807) is 24.3 Å². The van der Waals surface area contributed by atoms with E-state index >= 15 is 0 Å². The van der Waals surface area contributed by atoms with E-state index in [-0.39, 0.29) is 11.4 Å². The number of rotatable bonds is 7. The molecule has 1 unspecified atom stereocenters. The van der Waals surface area contributed by atoms with Crippen LogP contribution >= 0.6 is 0 Å². The van der Waals surface area contributed by atoms with Crippen molar-refractivity contribution in [3.05, 3.63) is 69.6 Å². The second-order valence-electron chi connectivity index (χ2n) is 7.33. The van der Waals surface area contributed by atoms with E-state index in [9.17, 15) is 14.9 Å². The van der Waals surface area contributed by atoms with Gasteiger partial charge in [0.05, 0.1) is 6.61 Å². The number of ether oxygens (including phenoxy) is 1. The number of carbonyl (C=O) groups is 2. The van der Waals surface area contributed by atoms with Crippen LogP contribution in [0.1, 0.15) is 61.0 Å². The second-order valence-corrected chi connectivity index (χ2v) is 7.33. The number of hydrogen-bond donors (Lipinski definition) is 0. The zero-order valence-corrected chi connectivity index (χ0v) is 16.9. The lowest BCUT2D eigenvalue weighted by Crippen LogP contribution is -2.37. The third-order valence-electron chi connectivity index (χ3n) is 5.43. The summed E-state index contributed by atoms with van der Waals surface area (Å²) < 4.78 is 5.49. The molecule has 0 bridgehead atoms. The van der Waals surface area contributed by atoms with Crippen LogP contribution in [0.5, 0.6) is 0 Å². The Labute approximate surface area is 171 Å². The van der Waals surface area contributed by atoms with Crippen molar-refractivity contribution in [2.24, 2.45) is 5.92 Å². The van der Waals surface area contributed by atoms with Crippen molar-refractivity contribution in [1.29, 1.82) is 5.26 Å². The number of hydrogen-bond acceptors (Lipinski definition) is 4. The van der Waals surface area contributed by atoms with Crippen molar-refractivity contribution in [3.63, 3.8) is 0 Å². The van der Waals surface area contributed by atoms with Gasteiger partial charge in [-0.15, -0.1) is 0 Å². The van der Waals surface area contributed by atoms with Gasteiger partial charge in [-0.05, 0) is 29.2 Å². The molecule has 2 aromatic rings. The number of nitriles is 1. The van der Waals surface area contributed by atoms with Crippen molar-refractivity contribution in [3.8, 4) is 6.07 Å². The van der Waals surface area contributed by atoms with E-state index in [1.807, 2.05) is 30.3 Å². The maximum atomic E-state index is 12.9. The molecule has 3 rings (SSSR count). The van der Waals surface area contributed by atoms with Crippen molar-refractivity contribution in [1.82, 2.24) is 0 Å². The first kappa shape index (κ1) is 20.5. The Morgan fingerprint density at radius 1 is 1.10 bits per heavy atom. The predicted molar refractivity (Wildman–Crippen MR) is 112 cm³/mol. The van der Waals surface area contributed by atoms with Crippen LogP contribution in [0.2, 0.25) is 0 Å². The Morgan fingerprint density at radius 2 is 1.86 bits per heavy atom. The van der Waals surface area contributed by atoms with Crippen LogP contribution in [0, 0.1) is 17.2 Å². The molecule has 0 heterocycles. The lowest BCUT2D eigenvalue weighted by Gasteiger charge is -2.15. The van der Waals surface area contributed by atoms with Gasteiger partial charge in [-0.3, -0.25) is 4.79 Å². The second kappa shape index (κ2) is 9.34. The molecule has 0 radical (unpaired) electrons.